The molecule has 75 valence electrons. The van der Waals surface area contributed by atoms with E-state index in [9.17, 15) is 4.79 Å². The van der Waals surface area contributed by atoms with Crippen LogP contribution in [0.4, 0.5) is 0 Å². The van der Waals surface area contributed by atoms with Gasteiger partial charge in [0.2, 0.25) is 0 Å². The summed E-state index contributed by atoms with van der Waals surface area (Å²) in [6.07, 6.45) is 0. The molecule has 0 unspecified atom stereocenters. The molecule has 1 N–H and O–H groups in total. The third kappa shape index (κ3) is 2.97. The fraction of sp³-hybridized carbons (Fsp3) is 0.300. The van der Waals surface area contributed by atoms with E-state index in [2.05, 4.69) is 0 Å². The van der Waals surface area contributed by atoms with Gasteiger partial charge in [-0.15, -0.1) is 0 Å². The molecule has 0 atom stereocenters. The molecule has 1 radical (unpaired) electrons. The molecular weight excluding hydrogens is 182 g/mol. The average Bonchev–Trinajstić information content (AvgIpc) is 2.17. The molecule has 1 aromatic rings. The second-order valence-electron chi connectivity index (χ2n) is 2.59. The molecule has 0 bridgehead atoms. The predicted octanol–water partition coefficient (Wildman–Crippen LogP) is 1.27. The van der Waals surface area contributed by atoms with Crippen molar-refractivity contribution in [2.45, 2.75) is 6.92 Å². The van der Waals surface area contributed by atoms with Crippen molar-refractivity contribution in [1.82, 2.24) is 5.73 Å². The van der Waals surface area contributed by atoms with E-state index in [1.54, 1.807) is 18.2 Å². The van der Waals surface area contributed by atoms with Gasteiger partial charge in [-0.05, 0) is 19.1 Å². The zero-order valence-electron chi connectivity index (χ0n) is 7.95. The topological polar surface area (TPSA) is 59.3 Å². The van der Waals surface area contributed by atoms with Crippen LogP contribution < -0.4 is 15.2 Å². The van der Waals surface area contributed by atoms with E-state index in [4.69, 9.17) is 15.2 Å². The van der Waals surface area contributed by atoms with Crippen LogP contribution in [0.1, 0.15) is 6.92 Å². The van der Waals surface area contributed by atoms with Crippen molar-refractivity contribution in [3.63, 3.8) is 0 Å². The van der Waals surface area contributed by atoms with Crippen LogP contribution in [0.5, 0.6) is 11.5 Å². The Morgan fingerprint density at radius 3 is 2.36 bits per heavy atom. The first-order valence-corrected chi connectivity index (χ1v) is 4.33. The van der Waals surface area contributed by atoms with Crippen LogP contribution in [0.3, 0.4) is 0 Å². The molecule has 0 saturated carbocycles. The van der Waals surface area contributed by atoms with Crippen molar-refractivity contribution in [1.29, 1.82) is 0 Å². The Morgan fingerprint density at radius 1 is 1.29 bits per heavy atom. The monoisotopic (exact) mass is 194 g/mol. The molecule has 0 aromatic heterocycles. The lowest BCUT2D eigenvalue weighted by Gasteiger charge is -2.09. The van der Waals surface area contributed by atoms with Crippen molar-refractivity contribution in [3.8, 4) is 11.5 Å². The molecule has 0 fully saturated rings. The number of nitrogens with one attached hydrogen (secondary N) is 1. The summed E-state index contributed by atoms with van der Waals surface area (Å²) in [5.41, 5.74) is 6.69. The summed E-state index contributed by atoms with van der Waals surface area (Å²) in [6.45, 7) is 2.16. The van der Waals surface area contributed by atoms with E-state index >= 15 is 0 Å². The predicted molar refractivity (Wildman–Crippen MR) is 51.2 cm³/mol. The van der Waals surface area contributed by atoms with Crippen molar-refractivity contribution in [2.75, 3.05) is 13.2 Å². The van der Waals surface area contributed by atoms with Crippen LogP contribution >= 0.6 is 0 Å². The van der Waals surface area contributed by atoms with Gasteiger partial charge in [-0.1, -0.05) is 12.1 Å². The normalized spacial score (nSPS) is 9.50. The molecule has 1 amide bonds. The lowest BCUT2D eigenvalue weighted by atomic mass is 10.3. The summed E-state index contributed by atoms with van der Waals surface area (Å²) < 4.78 is 10.4. The van der Waals surface area contributed by atoms with Gasteiger partial charge in [-0.3, -0.25) is 10.5 Å². The number of rotatable bonds is 5. The first-order valence-electron chi connectivity index (χ1n) is 4.33. The Labute approximate surface area is 82.6 Å². The van der Waals surface area contributed by atoms with E-state index in [1.165, 1.54) is 0 Å². The number of ether oxygens (including phenoxy) is 2. The highest BCUT2D eigenvalue weighted by Gasteiger charge is 2.04. The molecule has 4 heteroatoms. The summed E-state index contributed by atoms with van der Waals surface area (Å²) in [6, 6.07) is 7.06. The van der Waals surface area contributed by atoms with Gasteiger partial charge in [0.1, 0.15) is 0 Å². The highest BCUT2D eigenvalue weighted by Crippen LogP contribution is 2.25. The summed E-state index contributed by atoms with van der Waals surface area (Å²) in [7, 11) is 0. The van der Waals surface area contributed by atoms with Crippen LogP contribution in [-0.2, 0) is 4.79 Å². The molecule has 0 aliphatic rings. The SMILES string of the molecule is CCOc1ccccc1OCC([NH])=O. The van der Waals surface area contributed by atoms with Crippen LogP contribution in [0.15, 0.2) is 24.3 Å². The minimum absolute atomic E-state index is 0.246. The summed E-state index contributed by atoms with van der Waals surface area (Å²) in [5.74, 6) is 0.336. The zero-order valence-corrected chi connectivity index (χ0v) is 7.95. The third-order valence-electron chi connectivity index (χ3n) is 1.51. The molecule has 14 heavy (non-hydrogen) atoms. The van der Waals surface area contributed by atoms with Crippen LogP contribution in [0.2, 0.25) is 0 Å². The van der Waals surface area contributed by atoms with E-state index in [1.807, 2.05) is 13.0 Å². The minimum Gasteiger partial charge on any atom is -0.490 e. The van der Waals surface area contributed by atoms with E-state index in [-0.39, 0.29) is 6.61 Å². The van der Waals surface area contributed by atoms with Gasteiger partial charge < -0.3 is 9.47 Å². The summed E-state index contributed by atoms with van der Waals surface area (Å²) >= 11 is 0. The fourth-order valence-corrected chi connectivity index (χ4v) is 0.987. The second-order valence-corrected chi connectivity index (χ2v) is 2.59. The molecule has 0 aliphatic carbocycles. The van der Waals surface area contributed by atoms with Crippen LogP contribution in [0.25, 0.3) is 0 Å². The molecule has 0 spiro atoms. The third-order valence-corrected chi connectivity index (χ3v) is 1.51. The number of benzene rings is 1. The Balaban J connectivity index is 2.68. The minimum atomic E-state index is -0.753. The summed E-state index contributed by atoms with van der Waals surface area (Å²) in [4.78, 5) is 10.4. The maximum atomic E-state index is 10.4. The lowest BCUT2D eigenvalue weighted by Crippen LogP contribution is -2.11. The first kappa shape index (κ1) is 10.4. The van der Waals surface area contributed by atoms with Gasteiger partial charge in [0.15, 0.2) is 18.1 Å². The number of para-hydroxylation sites is 2. The first-order chi connectivity index (χ1) is 6.74. The Hall–Kier alpha value is -1.71. The quantitative estimate of drug-likeness (QED) is 0.709. The van der Waals surface area contributed by atoms with Crippen LogP contribution in [-0.4, -0.2) is 19.1 Å². The number of hydrogen-bond acceptors (Lipinski definition) is 3. The van der Waals surface area contributed by atoms with Crippen LogP contribution in [0, 0.1) is 0 Å². The molecular formula is C10H12NO3. The summed E-state index contributed by atoms with van der Waals surface area (Å²) in [5, 5.41) is 0. The lowest BCUT2D eigenvalue weighted by molar-refractivity contribution is -0.120. The van der Waals surface area contributed by atoms with Gasteiger partial charge in [0.05, 0.1) is 6.61 Å². The number of amides is 1. The fourth-order valence-electron chi connectivity index (χ4n) is 0.987. The maximum Gasteiger partial charge on any atom is 0.276 e. The Morgan fingerprint density at radius 2 is 1.86 bits per heavy atom. The van der Waals surface area contributed by atoms with Crippen molar-refractivity contribution in [2.24, 2.45) is 0 Å². The van der Waals surface area contributed by atoms with E-state index < -0.39 is 5.91 Å². The maximum absolute atomic E-state index is 10.4. The van der Waals surface area contributed by atoms with Crippen molar-refractivity contribution >= 4 is 5.91 Å². The molecule has 1 aromatic carbocycles. The smallest absolute Gasteiger partial charge is 0.276 e. The molecule has 1 rings (SSSR count). The zero-order chi connectivity index (χ0) is 10.4. The Kier molecular flexibility index (Phi) is 3.79. The van der Waals surface area contributed by atoms with Gasteiger partial charge in [0.25, 0.3) is 5.91 Å². The molecule has 4 nitrogen and oxygen atoms in total. The highest BCUT2D eigenvalue weighted by atomic mass is 16.5. The number of hydrogen-bond donors (Lipinski definition) is 0. The van der Waals surface area contributed by atoms with Crippen molar-refractivity contribution < 1.29 is 14.3 Å². The van der Waals surface area contributed by atoms with Gasteiger partial charge >= 0.3 is 0 Å². The molecule has 0 heterocycles. The second kappa shape index (κ2) is 5.11. The number of carbonyl (C=O) groups excluding carboxylic acids is 1. The highest BCUT2D eigenvalue weighted by molar-refractivity contribution is 5.74. The van der Waals surface area contributed by atoms with E-state index in [0.717, 1.165) is 0 Å². The van der Waals surface area contributed by atoms with E-state index in [0.29, 0.717) is 18.1 Å². The number of carbonyl (C=O) groups is 1. The largest absolute Gasteiger partial charge is 0.490 e. The standard InChI is InChI=1S/C10H12NO3/c1-2-13-8-5-3-4-6-9(8)14-7-10(11)12/h3-6,11H,2,7H2,1H3. The van der Waals surface area contributed by atoms with Gasteiger partial charge in [0, 0.05) is 0 Å². The van der Waals surface area contributed by atoms with Crippen molar-refractivity contribution in [3.05, 3.63) is 24.3 Å². The van der Waals surface area contributed by atoms with Gasteiger partial charge in [-0.25, -0.2) is 0 Å². The Bertz CT molecular complexity index is 312. The van der Waals surface area contributed by atoms with Gasteiger partial charge in [-0.2, -0.15) is 0 Å². The average molecular weight is 194 g/mol. The molecule has 0 saturated heterocycles. The molecule has 0 aliphatic heterocycles.